The van der Waals surface area contributed by atoms with Crippen molar-refractivity contribution < 1.29 is 19.1 Å². The molecule has 0 spiro atoms. The molecule has 0 aliphatic carbocycles. The average Bonchev–Trinajstić information content (AvgIpc) is 3.19. The number of piperazine rings is 1. The largest absolute Gasteiger partial charge is 0.497 e. The van der Waals surface area contributed by atoms with Gasteiger partial charge in [0, 0.05) is 42.5 Å². The summed E-state index contributed by atoms with van der Waals surface area (Å²) < 4.78 is 5.26. The molecule has 2 saturated heterocycles. The van der Waals surface area contributed by atoms with E-state index in [1.807, 2.05) is 31.2 Å². The third-order valence-corrected chi connectivity index (χ3v) is 5.64. The first-order valence-electron chi connectivity index (χ1n) is 10.1. The fourth-order valence-electron chi connectivity index (χ4n) is 4.15. The molecular weight excluding hydrogens is 382 g/mol. The Morgan fingerprint density at radius 3 is 2.43 bits per heavy atom. The highest BCUT2D eigenvalue weighted by Gasteiger charge is 2.34. The minimum absolute atomic E-state index is 0.0206. The second kappa shape index (κ2) is 8.18. The molecule has 2 aromatic carbocycles. The number of methoxy groups -OCH3 is 1. The van der Waals surface area contributed by atoms with Gasteiger partial charge in [-0.1, -0.05) is 6.07 Å². The van der Waals surface area contributed by atoms with Gasteiger partial charge in [-0.15, -0.1) is 0 Å². The van der Waals surface area contributed by atoms with E-state index in [0.29, 0.717) is 30.8 Å². The number of amides is 3. The Morgan fingerprint density at radius 1 is 1.03 bits per heavy atom. The third kappa shape index (κ3) is 3.75. The van der Waals surface area contributed by atoms with E-state index in [-0.39, 0.29) is 30.3 Å². The quantitative estimate of drug-likeness (QED) is 0.781. The second-order valence-electron chi connectivity index (χ2n) is 7.70. The van der Waals surface area contributed by atoms with Gasteiger partial charge in [0.2, 0.25) is 11.8 Å². The molecule has 1 atom stereocenters. The van der Waals surface area contributed by atoms with Crippen molar-refractivity contribution in [2.24, 2.45) is 0 Å². The van der Waals surface area contributed by atoms with Crippen LogP contribution in [0.2, 0.25) is 0 Å². The maximum atomic E-state index is 13.0. The minimum atomic E-state index is -0.181. The van der Waals surface area contributed by atoms with Crippen LogP contribution < -0.4 is 14.5 Å². The molecule has 2 aliphatic heterocycles. The monoisotopic (exact) mass is 407 g/mol. The van der Waals surface area contributed by atoms with Crippen LogP contribution in [0.1, 0.15) is 30.1 Å². The fraction of sp³-hybridized carbons (Fsp3) is 0.348. The average molecular weight is 407 g/mol. The fourth-order valence-corrected chi connectivity index (χ4v) is 4.15. The van der Waals surface area contributed by atoms with Gasteiger partial charge in [0.25, 0.3) is 5.91 Å². The van der Waals surface area contributed by atoms with Gasteiger partial charge in [0.1, 0.15) is 12.3 Å². The Labute approximate surface area is 175 Å². The summed E-state index contributed by atoms with van der Waals surface area (Å²) in [6.07, 6.45) is 1.43. The SMILES string of the molecule is COc1cccc(N2C(=O)CN(C(=O)c3ccc(N4CCCC4=O)cc3)C[C@H]2C)c1. The van der Waals surface area contributed by atoms with Gasteiger partial charge in [-0.2, -0.15) is 0 Å². The topological polar surface area (TPSA) is 70.2 Å². The molecule has 0 aromatic heterocycles. The van der Waals surface area contributed by atoms with Gasteiger partial charge in [0.05, 0.1) is 13.2 Å². The van der Waals surface area contributed by atoms with E-state index in [1.165, 1.54) is 0 Å². The van der Waals surface area contributed by atoms with Gasteiger partial charge in [-0.3, -0.25) is 14.4 Å². The van der Waals surface area contributed by atoms with E-state index in [1.54, 1.807) is 46.1 Å². The Hall–Kier alpha value is -3.35. The summed E-state index contributed by atoms with van der Waals surface area (Å²) in [4.78, 5) is 42.8. The first-order chi connectivity index (χ1) is 14.5. The van der Waals surface area contributed by atoms with Gasteiger partial charge in [-0.25, -0.2) is 0 Å². The Morgan fingerprint density at radius 2 is 1.80 bits per heavy atom. The highest BCUT2D eigenvalue weighted by atomic mass is 16.5. The number of benzene rings is 2. The summed E-state index contributed by atoms with van der Waals surface area (Å²) in [6.45, 7) is 3.10. The van der Waals surface area contributed by atoms with Gasteiger partial charge in [0.15, 0.2) is 0 Å². The van der Waals surface area contributed by atoms with E-state index < -0.39 is 0 Å². The summed E-state index contributed by atoms with van der Waals surface area (Å²) in [5.74, 6) is 0.485. The van der Waals surface area contributed by atoms with Crippen LogP contribution in [0.3, 0.4) is 0 Å². The number of ether oxygens (including phenoxy) is 1. The first-order valence-corrected chi connectivity index (χ1v) is 10.1. The minimum Gasteiger partial charge on any atom is -0.497 e. The molecule has 0 unspecified atom stereocenters. The molecule has 2 heterocycles. The number of carbonyl (C=O) groups is 3. The predicted octanol–water partition coefficient (Wildman–Crippen LogP) is 2.70. The van der Waals surface area contributed by atoms with E-state index >= 15 is 0 Å². The summed E-state index contributed by atoms with van der Waals surface area (Å²) >= 11 is 0. The summed E-state index contributed by atoms with van der Waals surface area (Å²) in [7, 11) is 1.59. The zero-order chi connectivity index (χ0) is 21.3. The number of carbonyl (C=O) groups excluding carboxylic acids is 3. The van der Waals surface area contributed by atoms with Crippen molar-refractivity contribution in [2.75, 3.05) is 36.5 Å². The second-order valence-corrected chi connectivity index (χ2v) is 7.70. The zero-order valence-electron chi connectivity index (χ0n) is 17.2. The maximum absolute atomic E-state index is 13.0. The Kier molecular flexibility index (Phi) is 5.44. The van der Waals surface area contributed by atoms with Crippen molar-refractivity contribution in [3.8, 4) is 5.75 Å². The van der Waals surface area contributed by atoms with Crippen LogP contribution in [0.25, 0.3) is 0 Å². The lowest BCUT2D eigenvalue weighted by Crippen LogP contribution is -2.57. The molecule has 0 bridgehead atoms. The smallest absolute Gasteiger partial charge is 0.254 e. The normalized spacial score (nSPS) is 19.4. The summed E-state index contributed by atoms with van der Waals surface area (Å²) in [5, 5.41) is 0. The van der Waals surface area contributed by atoms with Crippen molar-refractivity contribution in [1.82, 2.24) is 4.90 Å². The standard InChI is InChI=1S/C23H25N3O4/c1-16-14-24(15-22(28)26(16)19-5-3-6-20(13-19)30-2)23(29)17-8-10-18(11-9-17)25-12-4-7-21(25)27/h3,5-6,8-11,13,16H,4,7,12,14-15H2,1-2H3/t16-/m1/s1. The maximum Gasteiger partial charge on any atom is 0.254 e. The van der Waals surface area contributed by atoms with Crippen LogP contribution in [0.4, 0.5) is 11.4 Å². The molecule has 2 fully saturated rings. The lowest BCUT2D eigenvalue weighted by atomic mass is 10.1. The van der Waals surface area contributed by atoms with Crippen molar-refractivity contribution in [3.05, 3.63) is 54.1 Å². The lowest BCUT2D eigenvalue weighted by Gasteiger charge is -2.39. The van der Waals surface area contributed by atoms with Crippen molar-refractivity contribution in [3.63, 3.8) is 0 Å². The van der Waals surface area contributed by atoms with Crippen LogP contribution in [0.5, 0.6) is 5.75 Å². The number of anilines is 2. The summed E-state index contributed by atoms with van der Waals surface area (Å²) in [6, 6.07) is 14.3. The summed E-state index contributed by atoms with van der Waals surface area (Å²) in [5.41, 5.74) is 2.08. The number of rotatable bonds is 4. The molecule has 0 radical (unpaired) electrons. The lowest BCUT2D eigenvalue weighted by molar-refractivity contribution is -0.121. The molecule has 4 rings (SSSR count). The highest BCUT2D eigenvalue weighted by Crippen LogP contribution is 2.27. The molecular formula is C23H25N3O4. The molecule has 30 heavy (non-hydrogen) atoms. The Balaban J connectivity index is 1.47. The first kappa shape index (κ1) is 19.9. The van der Waals surface area contributed by atoms with Crippen molar-refractivity contribution in [2.45, 2.75) is 25.8 Å². The number of hydrogen-bond donors (Lipinski definition) is 0. The Bertz CT molecular complexity index is 973. The van der Waals surface area contributed by atoms with Crippen LogP contribution in [0, 0.1) is 0 Å². The molecule has 3 amide bonds. The van der Waals surface area contributed by atoms with Gasteiger partial charge in [-0.05, 0) is 49.7 Å². The van der Waals surface area contributed by atoms with Crippen LogP contribution in [-0.4, -0.2) is 55.4 Å². The molecule has 7 nitrogen and oxygen atoms in total. The van der Waals surface area contributed by atoms with Crippen LogP contribution in [-0.2, 0) is 9.59 Å². The highest BCUT2D eigenvalue weighted by molar-refractivity contribution is 6.02. The zero-order valence-corrected chi connectivity index (χ0v) is 17.2. The predicted molar refractivity (Wildman–Crippen MR) is 114 cm³/mol. The van der Waals surface area contributed by atoms with E-state index in [4.69, 9.17) is 4.74 Å². The molecule has 2 aromatic rings. The van der Waals surface area contributed by atoms with E-state index in [9.17, 15) is 14.4 Å². The van der Waals surface area contributed by atoms with Crippen molar-refractivity contribution >= 4 is 29.1 Å². The molecule has 156 valence electrons. The third-order valence-electron chi connectivity index (χ3n) is 5.64. The van der Waals surface area contributed by atoms with E-state index in [2.05, 4.69) is 0 Å². The van der Waals surface area contributed by atoms with Crippen molar-refractivity contribution in [1.29, 1.82) is 0 Å². The van der Waals surface area contributed by atoms with E-state index in [0.717, 1.165) is 17.8 Å². The number of hydrogen-bond acceptors (Lipinski definition) is 4. The van der Waals surface area contributed by atoms with Gasteiger partial charge >= 0.3 is 0 Å². The van der Waals surface area contributed by atoms with Crippen LogP contribution in [0.15, 0.2) is 48.5 Å². The van der Waals surface area contributed by atoms with Gasteiger partial charge < -0.3 is 19.4 Å². The molecule has 0 N–H and O–H groups in total. The molecule has 7 heteroatoms. The molecule has 0 saturated carbocycles. The van der Waals surface area contributed by atoms with Crippen LogP contribution >= 0.6 is 0 Å². The number of nitrogens with zero attached hydrogens (tertiary/aromatic N) is 3. The molecule has 2 aliphatic rings.